The molecule has 162 valence electrons. The topological polar surface area (TPSA) is 27.1 Å². The van der Waals surface area contributed by atoms with Gasteiger partial charge in [-0.1, -0.05) is 60.4 Å². The van der Waals surface area contributed by atoms with Crippen LogP contribution in [0.4, 0.5) is 0 Å². The van der Waals surface area contributed by atoms with Gasteiger partial charge < -0.3 is 4.74 Å². The molecule has 0 aliphatic carbocycles. The fourth-order valence-corrected chi connectivity index (χ4v) is 4.41. The third-order valence-electron chi connectivity index (χ3n) is 4.73. The van der Waals surface area contributed by atoms with Crippen LogP contribution in [0.2, 0.25) is 10.0 Å². The van der Waals surface area contributed by atoms with Gasteiger partial charge in [0.1, 0.15) is 5.75 Å². The van der Waals surface area contributed by atoms with E-state index in [2.05, 4.69) is 23.6 Å². The highest BCUT2D eigenvalue weighted by Crippen LogP contribution is 2.32. The Morgan fingerprint density at radius 1 is 0.935 bits per heavy atom. The van der Waals surface area contributed by atoms with E-state index in [-0.39, 0.29) is 12.4 Å². The summed E-state index contributed by atoms with van der Waals surface area (Å²) < 4.78 is 7.98. The molecule has 4 aromatic rings. The van der Waals surface area contributed by atoms with Gasteiger partial charge in [0.25, 0.3) is 0 Å². The zero-order valence-electron chi connectivity index (χ0n) is 17.1. The molecule has 0 saturated heterocycles. The smallest absolute Gasteiger partial charge is 0.174 e. The van der Waals surface area contributed by atoms with E-state index in [0.717, 1.165) is 57.9 Å². The molecule has 1 aromatic heterocycles. The number of benzene rings is 3. The van der Waals surface area contributed by atoms with E-state index in [4.69, 9.17) is 32.9 Å². The molecule has 0 radical (unpaired) electrons. The van der Waals surface area contributed by atoms with Gasteiger partial charge in [-0.3, -0.25) is 4.57 Å². The van der Waals surface area contributed by atoms with Crippen molar-refractivity contribution < 1.29 is 4.74 Å². The number of halogens is 3. The van der Waals surface area contributed by atoms with Crippen LogP contribution in [-0.4, -0.2) is 16.2 Å². The lowest BCUT2D eigenvalue weighted by molar-refractivity contribution is 0.309. The molecule has 1 heterocycles. The van der Waals surface area contributed by atoms with Crippen LogP contribution in [0.3, 0.4) is 0 Å². The highest BCUT2D eigenvalue weighted by atomic mass is 35.5. The molecule has 31 heavy (non-hydrogen) atoms. The SMILES string of the molecule is CCCCOc1ccc(-n2c(SCc3ccc(Cl)cc3)nc3cc(Cl)ccc32)cc1.Cl. The van der Waals surface area contributed by atoms with Crippen LogP contribution >= 0.6 is 47.4 Å². The molecule has 0 aliphatic rings. The van der Waals surface area contributed by atoms with Gasteiger partial charge in [-0.2, -0.15) is 0 Å². The first-order valence-electron chi connectivity index (χ1n) is 9.92. The number of unbranched alkanes of at least 4 members (excludes halogenated alkanes) is 1. The van der Waals surface area contributed by atoms with E-state index in [1.165, 1.54) is 5.56 Å². The van der Waals surface area contributed by atoms with Gasteiger partial charge in [-0.15, -0.1) is 12.4 Å². The van der Waals surface area contributed by atoms with Crippen molar-refractivity contribution in [2.75, 3.05) is 6.61 Å². The number of thioether (sulfide) groups is 1. The normalized spacial score (nSPS) is 10.8. The molecule has 0 N–H and O–H groups in total. The second kappa shape index (κ2) is 11.1. The highest BCUT2D eigenvalue weighted by molar-refractivity contribution is 7.98. The zero-order valence-corrected chi connectivity index (χ0v) is 20.2. The van der Waals surface area contributed by atoms with Crippen LogP contribution in [0.1, 0.15) is 25.3 Å². The van der Waals surface area contributed by atoms with Crippen LogP contribution in [-0.2, 0) is 5.75 Å². The molecule has 0 aliphatic heterocycles. The summed E-state index contributed by atoms with van der Waals surface area (Å²) in [6.07, 6.45) is 2.18. The number of rotatable bonds is 8. The van der Waals surface area contributed by atoms with Crippen LogP contribution < -0.4 is 4.74 Å². The molecule has 0 amide bonds. The lowest BCUT2D eigenvalue weighted by atomic mass is 10.2. The Morgan fingerprint density at radius 2 is 1.65 bits per heavy atom. The predicted molar refractivity (Wildman–Crippen MR) is 135 cm³/mol. The molecule has 4 rings (SSSR count). The summed E-state index contributed by atoms with van der Waals surface area (Å²) in [5, 5.41) is 2.34. The number of nitrogens with zero attached hydrogens (tertiary/aromatic N) is 2. The molecule has 0 fully saturated rings. The lowest BCUT2D eigenvalue weighted by Gasteiger charge is -2.11. The van der Waals surface area contributed by atoms with Crippen molar-refractivity contribution in [2.45, 2.75) is 30.7 Å². The van der Waals surface area contributed by atoms with Crippen LogP contribution in [0.25, 0.3) is 16.7 Å². The molecule has 0 unspecified atom stereocenters. The third-order valence-corrected chi connectivity index (χ3v) is 6.23. The van der Waals surface area contributed by atoms with Crippen LogP contribution in [0.15, 0.2) is 71.9 Å². The van der Waals surface area contributed by atoms with Crippen molar-refractivity contribution in [1.29, 1.82) is 0 Å². The van der Waals surface area contributed by atoms with E-state index >= 15 is 0 Å². The minimum atomic E-state index is 0. The predicted octanol–water partition coefficient (Wildman–Crippen LogP) is 8.23. The third kappa shape index (κ3) is 5.89. The Balaban J connectivity index is 0.00000272. The summed E-state index contributed by atoms with van der Waals surface area (Å²) in [7, 11) is 0. The van der Waals surface area contributed by atoms with Crippen LogP contribution in [0, 0.1) is 0 Å². The van der Waals surface area contributed by atoms with E-state index < -0.39 is 0 Å². The fourth-order valence-electron chi connectivity index (χ4n) is 3.13. The molecule has 0 spiro atoms. The summed E-state index contributed by atoms with van der Waals surface area (Å²) in [6, 6.07) is 21.9. The van der Waals surface area contributed by atoms with Crippen molar-refractivity contribution in [2.24, 2.45) is 0 Å². The molecule has 0 saturated carbocycles. The number of ether oxygens (including phenoxy) is 1. The number of hydrogen-bond donors (Lipinski definition) is 0. The van der Waals surface area contributed by atoms with E-state index in [9.17, 15) is 0 Å². The van der Waals surface area contributed by atoms with E-state index in [0.29, 0.717) is 5.02 Å². The maximum absolute atomic E-state index is 6.21. The van der Waals surface area contributed by atoms with Crippen molar-refractivity contribution in [3.8, 4) is 11.4 Å². The minimum absolute atomic E-state index is 0. The highest BCUT2D eigenvalue weighted by Gasteiger charge is 2.14. The van der Waals surface area contributed by atoms with Crippen molar-refractivity contribution >= 4 is 58.4 Å². The van der Waals surface area contributed by atoms with E-state index in [1.54, 1.807) is 11.8 Å². The fraction of sp³-hybridized carbons (Fsp3) is 0.208. The summed E-state index contributed by atoms with van der Waals surface area (Å²) in [6.45, 7) is 2.90. The summed E-state index contributed by atoms with van der Waals surface area (Å²) in [5.41, 5.74) is 4.14. The Labute approximate surface area is 203 Å². The van der Waals surface area contributed by atoms with Gasteiger partial charge >= 0.3 is 0 Å². The van der Waals surface area contributed by atoms with Gasteiger partial charge in [-0.25, -0.2) is 4.98 Å². The Kier molecular flexibility index (Phi) is 8.56. The maximum atomic E-state index is 6.21. The van der Waals surface area contributed by atoms with Gasteiger partial charge in [0, 0.05) is 21.5 Å². The summed E-state index contributed by atoms with van der Waals surface area (Å²) in [5.74, 6) is 1.68. The first-order valence-corrected chi connectivity index (χ1v) is 11.7. The second-order valence-corrected chi connectivity index (χ2v) is 8.79. The minimum Gasteiger partial charge on any atom is -0.494 e. The molecule has 0 bridgehead atoms. The largest absolute Gasteiger partial charge is 0.494 e. The van der Waals surface area contributed by atoms with Crippen molar-refractivity contribution in [3.05, 3.63) is 82.3 Å². The zero-order chi connectivity index (χ0) is 20.9. The Bertz CT molecular complexity index is 1130. The van der Waals surface area contributed by atoms with Gasteiger partial charge in [0.15, 0.2) is 5.16 Å². The first kappa shape index (κ1) is 23.8. The average molecular weight is 494 g/mol. The average Bonchev–Trinajstić information content (AvgIpc) is 3.11. The summed E-state index contributed by atoms with van der Waals surface area (Å²) in [4.78, 5) is 4.85. The number of aromatic nitrogens is 2. The monoisotopic (exact) mass is 492 g/mol. The number of imidazole rings is 1. The van der Waals surface area contributed by atoms with Crippen LogP contribution in [0.5, 0.6) is 5.75 Å². The molecule has 0 atom stereocenters. The molecule has 3 aromatic carbocycles. The first-order chi connectivity index (χ1) is 14.6. The number of fused-ring (bicyclic) bond motifs is 1. The molecular weight excluding hydrogens is 471 g/mol. The standard InChI is InChI=1S/C24H22Cl2N2OS.ClH/c1-2-3-14-29-21-11-9-20(10-12-21)28-23-13-8-19(26)15-22(23)27-24(28)30-16-17-4-6-18(25)7-5-17;/h4-13,15H,2-3,14,16H2,1H3;1H. The Hall–Kier alpha value is -1.85. The Morgan fingerprint density at radius 3 is 2.35 bits per heavy atom. The van der Waals surface area contributed by atoms with Gasteiger partial charge in [-0.05, 0) is 66.6 Å². The number of hydrogen-bond acceptors (Lipinski definition) is 3. The second-order valence-electron chi connectivity index (χ2n) is 6.97. The molecular formula is C24H23Cl3N2OS. The van der Waals surface area contributed by atoms with E-state index in [1.807, 2.05) is 54.6 Å². The van der Waals surface area contributed by atoms with Crippen molar-refractivity contribution in [1.82, 2.24) is 9.55 Å². The lowest BCUT2D eigenvalue weighted by Crippen LogP contribution is -1.99. The van der Waals surface area contributed by atoms with Gasteiger partial charge in [0.05, 0.1) is 17.6 Å². The maximum Gasteiger partial charge on any atom is 0.174 e. The molecule has 7 heteroatoms. The van der Waals surface area contributed by atoms with Crippen molar-refractivity contribution in [3.63, 3.8) is 0 Å². The molecule has 3 nitrogen and oxygen atoms in total. The van der Waals surface area contributed by atoms with Gasteiger partial charge in [0.2, 0.25) is 0 Å². The summed E-state index contributed by atoms with van der Waals surface area (Å²) >= 11 is 13.9. The quantitative estimate of drug-likeness (QED) is 0.183.